The van der Waals surface area contributed by atoms with E-state index in [1.165, 1.54) is 26.0 Å². The summed E-state index contributed by atoms with van der Waals surface area (Å²) in [4.78, 5) is 52.2. The number of carbonyl (C=O) groups excluding carboxylic acids is 5. The number of aryl methyl sites for hydroxylation is 2. The Kier molecular flexibility index (Phi) is 24.2. The van der Waals surface area contributed by atoms with Gasteiger partial charge in [0.05, 0.1) is 13.2 Å². The van der Waals surface area contributed by atoms with Gasteiger partial charge in [0.15, 0.2) is 23.2 Å². The Bertz CT molecular complexity index is 1750. The number of aromatic amines is 2. The molecule has 2 aromatic heterocycles. The van der Waals surface area contributed by atoms with Crippen LogP contribution in [-0.4, -0.2) is 84.8 Å². The molecule has 2 aromatic carbocycles. The van der Waals surface area contributed by atoms with Crippen LogP contribution in [0.3, 0.4) is 0 Å². The molecule has 17 nitrogen and oxygen atoms in total. The van der Waals surface area contributed by atoms with Crippen molar-refractivity contribution in [3.8, 4) is 34.3 Å². The third-order valence-corrected chi connectivity index (χ3v) is 7.20. The smallest absolute Gasteiger partial charge is 0.652 e. The number of H-pyrrole nitrogens is 2. The van der Waals surface area contributed by atoms with Crippen LogP contribution in [0, 0.1) is 27.7 Å². The van der Waals surface area contributed by atoms with E-state index in [4.69, 9.17) is 24.5 Å². The quantitative estimate of drug-likeness (QED) is 0.0482. The molecule has 0 unspecified atom stereocenters. The maximum atomic E-state index is 11.0. The van der Waals surface area contributed by atoms with E-state index in [1.54, 1.807) is 0 Å². The van der Waals surface area contributed by atoms with E-state index in [1.807, 2.05) is 52.0 Å². The number of carboxylic acid groups (broad SMARTS) is 2. The minimum atomic E-state index is -2.33. The van der Waals surface area contributed by atoms with Gasteiger partial charge < -0.3 is 24.5 Å². The maximum absolute atomic E-state index is 11.0. The molecule has 0 amide bonds. The summed E-state index contributed by atoms with van der Waals surface area (Å²) in [7, 11) is 0. The SMILES string of the molecule is CC(=O)C=C(C=O)CCCOc1c(C)ccc(-c2nnn[nH]2)c1C.CC(=O)C=C(C=O)CCCOc1c(C)ccc(-c2nnn[nH]2)c1C.O=C([O-])[O-].[Na+].[Na+]. The number of aldehydes is 2. The van der Waals surface area contributed by atoms with Crippen LogP contribution in [0.4, 0.5) is 4.79 Å². The van der Waals surface area contributed by atoms with Crippen LogP contribution in [0.25, 0.3) is 22.8 Å². The summed E-state index contributed by atoms with van der Waals surface area (Å²) in [6.45, 7) is 11.6. The molecule has 0 aliphatic heterocycles. The van der Waals surface area contributed by atoms with Crippen LogP contribution in [-0.2, 0) is 19.2 Å². The number of rotatable bonds is 16. The fraction of sp³-hybridized carbons (Fsp3) is 0.343. The van der Waals surface area contributed by atoms with Gasteiger partial charge >= 0.3 is 59.1 Å². The number of nitrogens with one attached hydrogen (secondary N) is 2. The minimum Gasteiger partial charge on any atom is -0.652 e. The van der Waals surface area contributed by atoms with E-state index in [0.29, 0.717) is 61.7 Å². The Morgan fingerprint density at radius 2 is 1.02 bits per heavy atom. The normalized spacial score (nSPS) is 10.6. The van der Waals surface area contributed by atoms with Crippen molar-refractivity contribution < 1.29 is 103 Å². The fourth-order valence-electron chi connectivity index (χ4n) is 4.91. The van der Waals surface area contributed by atoms with Crippen LogP contribution < -0.4 is 78.8 Å². The zero-order valence-corrected chi connectivity index (χ0v) is 35.7. The molecule has 0 saturated carbocycles. The first kappa shape index (κ1) is 49.6. The van der Waals surface area contributed by atoms with Crippen LogP contribution in [0.15, 0.2) is 47.6 Å². The van der Waals surface area contributed by atoms with E-state index < -0.39 is 6.16 Å². The van der Waals surface area contributed by atoms with Crippen molar-refractivity contribution in [1.29, 1.82) is 0 Å². The predicted molar refractivity (Wildman–Crippen MR) is 183 cm³/mol. The molecule has 2 N–H and O–H groups in total. The summed E-state index contributed by atoms with van der Waals surface area (Å²) in [6.07, 6.45) is 4.13. The molecular weight excluding hydrogens is 722 g/mol. The van der Waals surface area contributed by atoms with Crippen molar-refractivity contribution >= 4 is 30.3 Å². The Morgan fingerprint density at radius 3 is 1.30 bits per heavy atom. The van der Waals surface area contributed by atoms with Crippen molar-refractivity contribution in [3.05, 3.63) is 69.8 Å². The van der Waals surface area contributed by atoms with Crippen molar-refractivity contribution in [2.24, 2.45) is 0 Å². The molecule has 0 radical (unpaired) electrons. The van der Waals surface area contributed by atoms with E-state index in [2.05, 4.69) is 41.2 Å². The molecule has 54 heavy (non-hydrogen) atoms. The molecular formula is C35H40N8Na2O9. The average molecular weight is 763 g/mol. The zero-order chi connectivity index (χ0) is 38.6. The van der Waals surface area contributed by atoms with Gasteiger partial charge in [0.25, 0.3) is 0 Å². The fourth-order valence-corrected chi connectivity index (χ4v) is 4.91. The van der Waals surface area contributed by atoms with Crippen molar-refractivity contribution in [2.45, 2.75) is 67.2 Å². The summed E-state index contributed by atoms with van der Waals surface area (Å²) in [5.74, 6) is 2.49. The maximum Gasteiger partial charge on any atom is 1.00 e. The van der Waals surface area contributed by atoms with Crippen molar-refractivity contribution in [1.82, 2.24) is 41.2 Å². The number of carbonyl (C=O) groups is 5. The van der Waals surface area contributed by atoms with Gasteiger partial charge in [-0.15, -0.1) is 10.2 Å². The Balaban J connectivity index is 0.000000915. The van der Waals surface area contributed by atoms with Gasteiger partial charge in [-0.2, -0.15) is 0 Å². The van der Waals surface area contributed by atoms with Crippen molar-refractivity contribution in [2.75, 3.05) is 13.2 Å². The second-order valence-electron chi connectivity index (χ2n) is 11.3. The van der Waals surface area contributed by atoms with Gasteiger partial charge in [0.1, 0.15) is 24.1 Å². The van der Waals surface area contributed by atoms with Crippen LogP contribution in [0.2, 0.25) is 0 Å². The minimum absolute atomic E-state index is 0. The summed E-state index contributed by atoms with van der Waals surface area (Å²) in [6, 6.07) is 7.79. The van der Waals surface area contributed by atoms with E-state index in [-0.39, 0.29) is 70.7 Å². The Hall–Kier alpha value is -4.39. The number of ketones is 2. The third kappa shape index (κ3) is 17.2. The standard InChI is InChI=1S/2C17H20N4O3.CH2O3.2Na/c2*1-11-6-7-15(17-18-20-21-19-17)13(3)16(11)24-8-4-5-14(10-22)9-12(2)23;2-1(3)4;;/h2*6-7,9-10H,4-5,8H2,1-3H3,(H,18,19,20,21);(H2,2,3,4);;/q;;;2*+1/p-2. The molecule has 0 aliphatic rings. The number of hydrogen-bond donors (Lipinski definition) is 2. The Labute approximate surface area is 356 Å². The van der Waals surface area contributed by atoms with Crippen LogP contribution in [0.1, 0.15) is 61.8 Å². The number of aromatic nitrogens is 8. The summed E-state index contributed by atoms with van der Waals surface area (Å²) < 4.78 is 11.8. The molecule has 0 atom stereocenters. The largest absolute Gasteiger partial charge is 1.00 e. The number of nitrogens with zero attached hydrogens (tertiary/aromatic N) is 6. The number of tetrazole rings is 2. The van der Waals surface area contributed by atoms with E-state index >= 15 is 0 Å². The summed E-state index contributed by atoms with van der Waals surface area (Å²) in [5.41, 5.74) is 6.66. The topological polar surface area (TPSA) is 259 Å². The monoisotopic (exact) mass is 762 g/mol. The van der Waals surface area contributed by atoms with E-state index in [9.17, 15) is 19.2 Å². The number of hydrogen-bond acceptors (Lipinski definition) is 15. The molecule has 0 aliphatic carbocycles. The number of allylic oxidation sites excluding steroid dienone is 4. The van der Waals surface area contributed by atoms with Crippen molar-refractivity contribution in [3.63, 3.8) is 0 Å². The van der Waals surface area contributed by atoms with Gasteiger partial charge in [0.2, 0.25) is 0 Å². The van der Waals surface area contributed by atoms with Gasteiger partial charge in [-0.05, 0) is 129 Å². The molecule has 276 valence electrons. The predicted octanol–water partition coefficient (Wildman–Crippen LogP) is -3.73. The van der Waals surface area contributed by atoms with Gasteiger partial charge in [0, 0.05) is 22.3 Å². The second kappa shape index (κ2) is 26.4. The second-order valence-corrected chi connectivity index (χ2v) is 11.3. The van der Waals surface area contributed by atoms with Crippen LogP contribution >= 0.6 is 0 Å². The molecule has 0 saturated heterocycles. The average Bonchev–Trinajstić information content (AvgIpc) is 3.82. The van der Waals surface area contributed by atoms with Gasteiger partial charge in [-0.1, -0.05) is 24.3 Å². The third-order valence-electron chi connectivity index (χ3n) is 7.20. The first-order valence-electron chi connectivity index (χ1n) is 15.9. The molecule has 0 spiro atoms. The Morgan fingerprint density at radius 1 is 0.667 bits per heavy atom. The summed E-state index contributed by atoms with van der Waals surface area (Å²) >= 11 is 0. The zero-order valence-electron chi connectivity index (χ0n) is 31.7. The number of benzene rings is 2. The molecule has 2 heterocycles. The van der Waals surface area contributed by atoms with E-state index in [0.717, 1.165) is 57.5 Å². The molecule has 0 fully saturated rings. The first-order valence-corrected chi connectivity index (χ1v) is 15.9. The first-order chi connectivity index (χ1) is 24.8. The number of ether oxygens (including phenoxy) is 2. The summed E-state index contributed by atoms with van der Waals surface area (Å²) in [5, 5.41) is 44.4. The molecule has 4 aromatic rings. The molecule has 4 rings (SSSR count). The molecule has 0 bridgehead atoms. The van der Waals surface area contributed by atoms with Crippen LogP contribution in [0.5, 0.6) is 11.5 Å². The van der Waals surface area contributed by atoms with Gasteiger partial charge in [-0.3, -0.25) is 19.2 Å². The van der Waals surface area contributed by atoms with Gasteiger partial charge in [-0.25, -0.2) is 10.2 Å². The molecule has 19 heteroatoms.